The van der Waals surface area contributed by atoms with Crippen molar-refractivity contribution in [3.05, 3.63) is 29.8 Å². The van der Waals surface area contributed by atoms with Gasteiger partial charge in [0.25, 0.3) is 5.91 Å². The molecule has 0 radical (unpaired) electrons. The van der Waals surface area contributed by atoms with Gasteiger partial charge in [0.05, 0.1) is 11.8 Å². The van der Waals surface area contributed by atoms with E-state index in [4.69, 9.17) is 0 Å². The van der Waals surface area contributed by atoms with Gasteiger partial charge in [-0.1, -0.05) is 26.2 Å². The number of carboxylic acids is 1. The summed E-state index contributed by atoms with van der Waals surface area (Å²) in [4.78, 5) is 35.7. The maximum atomic E-state index is 12.4. The molecule has 1 aromatic rings. The van der Waals surface area contributed by atoms with E-state index in [1.165, 1.54) is 0 Å². The van der Waals surface area contributed by atoms with Crippen LogP contribution in [0.2, 0.25) is 0 Å². The number of anilines is 1. The second-order valence-electron chi connectivity index (χ2n) is 6.51. The van der Waals surface area contributed by atoms with E-state index in [0.29, 0.717) is 30.6 Å². The molecule has 136 valence electrons. The summed E-state index contributed by atoms with van der Waals surface area (Å²) < 4.78 is 0. The second-order valence-corrected chi connectivity index (χ2v) is 6.51. The fourth-order valence-electron chi connectivity index (χ4n) is 3.16. The molecule has 6 heteroatoms. The Kier molecular flexibility index (Phi) is 6.98. The fraction of sp³-hybridized carbons (Fsp3) is 0.526. The number of hydrogen-bond donors (Lipinski definition) is 3. The van der Waals surface area contributed by atoms with E-state index in [-0.39, 0.29) is 11.8 Å². The van der Waals surface area contributed by atoms with Crippen molar-refractivity contribution in [3.8, 4) is 0 Å². The van der Waals surface area contributed by atoms with Gasteiger partial charge in [-0.15, -0.1) is 0 Å². The lowest BCUT2D eigenvalue weighted by molar-refractivity contribution is -0.147. The molecule has 6 nitrogen and oxygen atoms in total. The van der Waals surface area contributed by atoms with Crippen molar-refractivity contribution in [2.24, 2.45) is 11.8 Å². The van der Waals surface area contributed by atoms with Crippen LogP contribution in [0.5, 0.6) is 0 Å². The first-order chi connectivity index (χ1) is 12.0. The SMILES string of the molecule is CCCCNC(=O)c1ccc(NC(=O)C2CCCCC2C(=O)O)cc1. The van der Waals surface area contributed by atoms with Gasteiger partial charge < -0.3 is 15.7 Å². The standard InChI is InChI=1S/C19H26N2O4/c1-2-3-12-20-17(22)13-8-10-14(11-9-13)21-18(23)15-6-4-5-7-16(15)19(24)25/h8-11,15-16H,2-7,12H2,1H3,(H,20,22)(H,21,23)(H,24,25). The molecule has 0 spiro atoms. The van der Waals surface area contributed by atoms with Crippen LogP contribution in [-0.4, -0.2) is 29.4 Å². The molecule has 1 aliphatic carbocycles. The van der Waals surface area contributed by atoms with Crippen LogP contribution in [0.25, 0.3) is 0 Å². The smallest absolute Gasteiger partial charge is 0.307 e. The molecule has 3 N–H and O–H groups in total. The third-order valence-corrected chi connectivity index (χ3v) is 4.65. The van der Waals surface area contributed by atoms with E-state index in [9.17, 15) is 19.5 Å². The molecule has 1 saturated carbocycles. The minimum absolute atomic E-state index is 0.135. The Bertz CT molecular complexity index is 612. The number of carbonyl (C=O) groups excluding carboxylic acids is 2. The molecule has 2 amide bonds. The Balaban J connectivity index is 1.94. The molecule has 0 heterocycles. The number of carbonyl (C=O) groups is 3. The van der Waals surface area contributed by atoms with Gasteiger partial charge in [0.15, 0.2) is 0 Å². The highest BCUT2D eigenvalue weighted by Crippen LogP contribution is 2.31. The molecule has 1 fully saturated rings. The number of rotatable bonds is 7. The highest BCUT2D eigenvalue weighted by Gasteiger charge is 2.35. The Morgan fingerprint density at radius 1 is 1.08 bits per heavy atom. The number of benzene rings is 1. The van der Waals surface area contributed by atoms with Gasteiger partial charge in [-0.05, 0) is 43.5 Å². The summed E-state index contributed by atoms with van der Waals surface area (Å²) >= 11 is 0. The van der Waals surface area contributed by atoms with Crippen LogP contribution in [-0.2, 0) is 9.59 Å². The zero-order chi connectivity index (χ0) is 18.2. The summed E-state index contributed by atoms with van der Waals surface area (Å²) in [7, 11) is 0. The number of unbranched alkanes of at least 4 members (excludes halogenated alkanes) is 1. The zero-order valence-corrected chi connectivity index (χ0v) is 14.6. The third kappa shape index (κ3) is 5.31. The Labute approximate surface area is 148 Å². The average molecular weight is 346 g/mol. The number of amides is 2. The normalized spacial score (nSPS) is 19.9. The highest BCUT2D eigenvalue weighted by atomic mass is 16.4. The maximum absolute atomic E-state index is 12.4. The van der Waals surface area contributed by atoms with Crippen molar-refractivity contribution in [2.45, 2.75) is 45.4 Å². The van der Waals surface area contributed by atoms with Crippen molar-refractivity contribution in [1.29, 1.82) is 0 Å². The van der Waals surface area contributed by atoms with Crippen LogP contribution in [0.3, 0.4) is 0 Å². The van der Waals surface area contributed by atoms with Gasteiger partial charge in [0.1, 0.15) is 0 Å². The number of nitrogens with one attached hydrogen (secondary N) is 2. The van der Waals surface area contributed by atoms with E-state index in [1.807, 2.05) is 0 Å². The van der Waals surface area contributed by atoms with E-state index in [1.54, 1.807) is 24.3 Å². The minimum Gasteiger partial charge on any atom is -0.481 e. The number of carboxylic acid groups (broad SMARTS) is 1. The summed E-state index contributed by atoms with van der Waals surface area (Å²) in [5.74, 6) is -2.41. The van der Waals surface area contributed by atoms with Crippen LogP contribution in [0.4, 0.5) is 5.69 Å². The van der Waals surface area contributed by atoms with E-state index >= 15 is 0 Å². The van der Waals surface area contributed by atoms with Crippen molar-refractivity contribution in [3.63, 3.8) is 0 Å². The molecule has 2 atom stereocenters. The van der Waals surface area contributed by atoms with Gasteiger partial charge >= 0.3 is 5.97 Å². The van der Waals surface area contributed by atoms with Crippen LogP contribution in [0.1, 0.15) is 55.8 Å². The second kappa shape index (κ2) is 9.20. The Morgan fingerprint density at radius 3 is 2.32 bits per heavy atom. The zero-order valence-electron chi connectivity index (χ0n) is 14.6. The largest absolute Gasteiger partial charge is 0.481 e. The summed E-state index contributed by atoms with van der Waals surface area (Å²) in [6.45, 7) is 2.71. The molecule has 0 aromatic heterocycles. The van der Waals surface area contributed by atoms with Crippen LogP contribution in [0, 0.1) is 11.8 Å². The Morgan fingerprint density at radius 2 is 1.72 bits per heavy atom. The first kappa shape index (κ1) is 19.0. The summed E-state index contributed by atoms with van der Waals surface area (Å²) in [5.41, 5.74) is 1.11. The summed E-state index contributed by atoms with van der Waals surface area (Å²) in [5, 5.41) is 14.9. The third-order valence-electron chi connectivity index (χ3n) is 4.65. The molecular weight excluding hydrogens is 320 g/mol. The van der Waals surface area contributed by atoms with Crippen molar-refractivity contribution in [2.75, 3.05) is 11.9 Å². The van der Waals surface area contributed by atoms with Gasteiger partial charge in [-0.2, -0.15) is 0 Å². The highest BCUT2D eigenvalue weighted by molar-refractivity contribution is 5.97. The molecule has 1 aliphatic rings. The molecule has 1 aromatic carbocycles. The minimum atomic E-state index is -0.904. The van der Waals surface area contributed by atoms with Crippen molar-refractivity contribution in [1.82, 2.24) is 5.32 Å². The van der Waals surface area contributed by atoms with E-state index < -0.39 is 17.8 Å². The predicted octanol–water partition coefficient (Wildman–Crippen LogP) is 3.05. The monoisotopic (exact) mass is 346 g/mol. The topological polar surface area (TPSA) is 95.5 Å². The first-order valence-electron chi connectivity index (χ1n) is 8.95. The van der Waals surface area contributed by atoms with Gasteiger partial charge in [0, 0.05) is 17.8 Å². The van der Waals surface area contributed by atoms with Gasteiger partial charge in [0.2, 0.25) is 5.91 Å². The molecule has 0 bridgehead atoms. The lowest BCUT2D eigenvalue weighted by atomic mass is 9.78. The van der Waals surface area contributed by atoms with Crippen molar-refractivity contribution < 1.29 is 19.5 Å². The van der Waals surface area contributed by atoms with Crippen LogP contribution in [0.15, 0.2) is 24.3 Å². The van der Waals surface area contributed by atoms with Crippen LogP contribution < -0.4 is 10.6 Å². The van der Waals surface area contributed by atoms with Gasteiger partial charge in [-0.25, -0.2) is 0 Å². The Hall–Kier alpha value is -2.37. The fourth-order valence-corrected chi connectivity index (χ4v) is 3.16. The molecular formula is C19H26N2O4. The maximum Gasteiger partial charge on any atom is 0.307 e. The number of aliphatic carboxylic acids is 1. The van der Waals surface area contributed by atoms with Gasteiger partial charge in [-0.3, -0.25) is 14.4 Å². The quantitative estimate of drug-likeness (QED) is 0.661. The lowest BCUT2D eigenvalue weighted by Crippen LogP contribution is -2.36. The first-order valence-corrected chi connectivity index (χ1v) is 8.95. The van der Waals surface area contributed by atoms with E-state index in [2.05, 4.69) is 17.6 Å². The summed E-state index contributed by atoms with van der Waals surface area (Å²) in [6, 6.07) is 6.66. The average Bonchev–Trinajstić information content (AvgIpc) is 2.62. The molecule has 0 saturated heterocycles. The van der Waals surface area contributed by atoms with Crippen LogP contribution >= 0.6 is 0 Å². The number of hydrogen-bond acceptors (Lipinski definition) is 3. The van der Waals surface area contributed by atoms with E-state index in [0.717, 1.165) is 25.7 Å². The molecule has 25 heavy (non-hydrogen) atoms. The predicted molar refractivity (Wildman–Crippen MR) is 95.4 cm³/mol. The lowest BCUT2D eigenvalue weighted by Gasteiger charge is -2.27. The molecule has 2 unspecified atom stereocenters. The molecule has 0 aliphatic heterocycles. The summed E-state index contributed by atoms with van der Waals surface area (Å²) in [6.07, 6.45) is 4.82. The molecule has 2 rings (SSSR count). The van der Waals surface area contributed by atoms with Crippen molar-refractivity contribution >= 4 is 23.5 Å².